The zero-order valence-corrected chi connectivity index (χ0v) is 16.0. The maximum atomic E-state index is 13.4. The van der Waals surface area contributed by atoms with Crippen LogP contribution in [0.1, 0.15) is 27.8 Å². The van der Waals surface area contributed by atoms with E-state index in [1.165, 1.54) is 0 Å². The van der Waals surface area contributed by atoms with Crippen LogP contribution in [0.2, 0.25) is 0 Å². The monoisotopic (exact) mass is 398 g/mol. The third-order valence-electron chi connectivity index (χ3n) is 5.47. The number of nitrogens with one attached hydrogen (secondary N) is 1. The van der Waals surface area contributed by atoms with Gasteiger partial charge >= 0.3 is 0 Å². The second-order valence-electron chi connectivity index (χ2n) is 7.35. The van der Waals surface area contributed by atoms with Crippen molar-refractivity contribution in [2.24, 2.45) is 0 Å². The van der Waals surface area contributed by atoms with Crippen molar-refractivity contribution >= 4 is 17.2 Å². The van der Waals surface area contributed by atoms with Crippen LogP contribution in [-0.2, 0) is 6.54 Å². The van der Waals surface area contributed by atoms with E-state index in [1.54, 1.807) is 0 Å². The highest BCUT2D eigenvalue weighted by Crippen LogP contribution is 2.36. The minimum absolute atomic E-state index is 0.0379. The van der Waals surface area contributed by atoms with Crippen LogP contribution in [0, 0.1) is 0 Å². The Labute approximate surface area is 172 Å². The number of rotatable bonds is 3. The minimum atomic E-state index is -0.391. The summed E-state index contributed by atoms with van der Waals surface area (Å²) in [6, 6.07) is 19.2. The molecule has 0 spiro atoms. The number of ether oxygens (including phenoxy) is 2. The molecule has 7 nitrogen and oxygen atoms in total. The van der Waals surface area contributed by atoms with E-state index in [-0.39, 0.29) is 12.7 Å². The lowest BCUT2D eigenvalue weighted by molar-refractivity contribution is 0.0663. The van der Waals surface area contributed by atoms with Gasteiger partial charge in [0.15, 0.2) is 11.5 Å². The quantitative estimate of drug-likeness (QED) is 0.568. The van der Waals surface area contributed by atoms with Crippen molar-refractivity contribution in [2.75, 3.05) is 12.1 Å². The van der Waals surface area contributed by atoms with E-state index in [9.17, 15) is 4.79 Å². The summed E-state index contributed by atoms with van der Waals surface area (Å²) in [6.45, 7) is 0.635. The summed E-state index contributed by atoms with van der Waals surface area (Å²) in [5, 5.41) is 3.50. The number of benzene rings is 2. The van der Waals surface area contributed by atoms with Crippen molar-refractivity contribution in [3.8, 4) is 11.5 Å². The molecule has 2 aromatic heterocycles. The van der Waals surface area contributed by atoms with E-state index < -0.39 is 6.17 Å². The van der Waals surface area contributed by atoms with E-state index >= 15 is 0 Å². The highest BCUT2D eigenvalue weighted by Gasteiger charge is 2.34. The van der Waals surface area contributed by atoms with Gasteiger partial charge in [-0.05, 0) is 42.0 Å². The fourth-order valence-electron chi connectivity index (χ4n) is 4.01. The van der Waals surface area contributed by atoms with Crippen LogP contribution >= 0.6 is 0 Å². The molecule has 2 aliphatic heterocycles. The van der Waals surface area contributed by atoms with Gasteiger partial charge in [0.25, 0.3) is 5.91 Å². The Morgan fingerprint density at radius 3 is 2.83 bits per heavy atom. The SMILES string of the molecule is O=C1c2ccccc2NC(c2cn3ccccc3n2)N1Cc1ccc2c(c1)OCO2. The Bertz CT molecular complexity index is 1250. The fourth-order valence-corrected chi connectivity index (χ4v) is 4.01. The lowest BCUT2D eigenvalue weighted by Gasteiger charge is -2.37. The normalized spacial score (nSPS) is 17.1. The number of hydrogen-bond donors (Lipinski definition) is 1. The molecule has 1 unspecified atom stereocenters. The first kappa shape index (κ1) is 16.9. The summed E-state index contributed by atoms with van der Waals surface area (Å²) in [5.74, 6) is 1.39. The summed E-state index contributed by atoms with van der Waals surface area (Å²) >= 11 is 0. The molecule has 0 fully saturated rings. The van der Waals surface area contributed by atoms with E-state index in [0.717, 1.165) is 28.3 Å². The lowest BCUT2D eigenvalue weighted by atomic mass is 10.0. The van der Waals surface area contributed by atoms with Crippen LogP contribution in [-0.4, -0.2) is 27.0 Å². The molecule has 4 aromatic rings. The Morgan fingerprint density at radius 1 is 1.03 bits per heavy atom. The molecule has 0 saturated carbocycles. The van der Waals surface area contributed by atoms with Crippen LogP contribution in [0.5, 0.6) is 11.5 Å². The molecular weight excluding hydrogens is 380 g/mol. The Kier molecular flexibility index (Phi) is 3.67. The number of carbonyl (C=O) groups is 1. The maximum Gasteiger partial charge on any atom is 0.258 e. The van der Waals surface area contributed by atoms with Gasteiger partial charge in [0.1, 0.15) is 17.5 Å². The molecule has 30 heavy (non-hydrogen) atoms. The van der Waals surface area contributed by atoms with Gasteiger partial charge in [0, 0.05) is 24.6 Å². The summed E-state index contributed by atoms with van der Waals surface area (Å²) in [5.41, 5.74) is 4.04. The van der Waals surface area contributed by atoms with Gasteiger partial charge in [-0.25, -0.2) is 4.98 Å². The maximum absolute atomic E-state index is 13.4. The fraction of sp³-hybridized carbons (Fsp3) is 0.130. The summed E-state index contributed by atoms with van der Waals surface area (Å²) in [7, 11) is 0. The predicted octanol–water partition coefficient (Wildman–Crippen LogP) is 3.83. The van der Waals surface area contributed by atoms with Crippen molar-refractivity contribution in [1.29, 1.82) is 0 Å². The number of fused-ring (bicyclic) bond motifs is 3. The van der Waals surface area contributed by atoms with Crippen LogP contribution in [0.15, 0.2) is 73.1 Å². The zero-order chi connectivity index (χ0) is 20.1. The van der Waals surface area contributed by atoms with Crippen LogP contribution in [0.4, 0.5) is 5.69 Å². The zero-order valence-electron chi connectivity index (χ0n) is 16.0. The number of pyridine rings is 1. The topological polar surface area (TPSA) is 68.1 Å². The van der Waals surface area contributed by atoms with Crippen LogP contribution < -0.4 is 14.8 Å². The van der Waals surface area contributed by atoms with Gasteiger partial charge in [-0.2, -0.15) is 0 Å². The standard InChI is InChI=1S/C23H18N4O3/c28-23-16-5-1-2-6-17(16)25-22(18-13-26-10-4-3-7-21(26)24-18)27(23)12-15-8-9-19-20(11-15)30-14-29-19/h1-11,13,22,25H,12,14H2. The first-order valence-electron chi connectivity index (χ1n) is 9.75. The number of carbonyl (C=O) groups excluding carboxylic acids is 1. The lowest BCUT2D eigenvalue weighted by Crippen LogP contribution is -2.42. The number of imidazole rings is 1. The molecule has 1 atom stereocenters. The van der Waals surface area contributed by atoms with E-state index in [1.807, 2.05) is 82.4 Å². The molecule has 0 radical (unpaired) electrons. The molecule has 7 heteroatoms. The molecule has 2 aromatic carbocycles. The van der Waals surface area contributed by atoms with E-state index in [0.29, 0.717) is 17.9 Å². The van der Waals surface area contributed by atoms with Crippen molar-refractivity contribution in [2.45, 2.75) is 12.7 Å². The molecule has 0 saturated heterocycles. The third-order valence-corrected chi connectivity index (χ3v) is 5.47. The molecule has 1 N–H and O–H groups in total. The third kappa shape index (κ3) is 2.67. The van der Waals surface area contributed by atoms with Gasteiger partial charge < -0.3 is 24.1 Å². The first-order chi connectivity index (χ1) is 14.8. The van der Waals surface area contributed by atoms with Gasteiger partial charge in [-0.1, -0.05) is 24.3 Å². The summed E-state index contributed by atoms with van der Waals surface area (Å²) in [6.07, 6.45) is 3.52. The molecule has 4 heterocycles. The average Bonchev–Trinajstić information content (AvgIpc) is 3.42. The highest BCUT2D eigenvalue weighted by molar-refractivity contribution is 6.01. The average molecular weight is 398 g/mol. The molecule has 0 aliphatic carbocycles. The van der Waals surface area contributed by atoms with Gasteiger partial charge in [0.05, 0.1) is 5.56 Å². The number of hydrogen-bond acceptors (Lipinski definition) is 5. The first-order valence-corrected chi connectivity index (χ1v) is 9.75. The van der Waals surface area contributed by atoms with E-state index in [4.69, 9.17) is 14.5 Å². The van der Waals surface area contributed by atoms with Crippen molar-refractivity contribution < 1.29 is 14.3 Å². The molecule has 6 rings (SSSR count). The number of para-hydroxylation sites is 1. The van der Waals surface area contributed by atoms with Crippen LogP contribution in [0.25, 0.3) is 5.65 Å². The number of nitrogens with zero attached hydrogens (tertiary/aromatic N) is 3. The number of aromatic nitrogens is 2. The molecule has 0 bridgehead atoms. The van der Waals surface area contributed by atoms with Gasteiger partial charge in [-0.3, -0.25) is 4.79 Å². The molecule has 1 amide bonds. The molecule has 2 aliphatic rings. The van der Waals surface area contributed by atoms with E-state index in [2.05, 4.69) is 5.32 Å². The summed E-state index contributed by atoms with van der Waals surface area (Å²) in [4.78, 5) is 20.0. The Hall–Kier alpha value is -4.00. The summed E-state index contributed by atoms with van der Waals surface area (Å²) < 4.78 is 12.9. The minimum Gasteiger partial charge on any atom is -0.454 e. The second-order valence-corrected chi connectivity index (χ2v) is 7.35. The predicted molar refractivity (Wildman–Crippen MR) is 110 cm³/mol. The second kappa shape index (κ2) is 6.52. The highest BCUT2D eigenvalue weighted by atomic mass is 16.7. The number of amides is 1. The van der Waals surface area contributed by atoms with Crippen LogP contribution in [0.3, 0.4) is 0 Å². The largest absolute Gasteiger partial charge is 0.454 e. The Morgan fingerprint density at radius 2 is 1.90 bits per heavy atom. The molecular formula is C23H18N4O3. The van der Waals surface area contributed by atoms with Crippen molar-refractivity contribution in [3.63, 3.8) is 0 Å². The Balaban J connectivity index is 1.42. The smallest absolute Gasteiger partial charge is 0.258 e. The van der Waals surface area contributed by atoms with Crippen molar-refractivity contribution in [1.82, 2.24) is 14.3 Å². The molecule has 148 valence electrons. The van der Waals surface area contributed by atoms with Gasteiger partial charge in [0.2, 0.25) is 6.79 Å². The van der Waals surface area contributed by atoms with Gasteiger partial charge in [-0.15, -0.1) is 0 Å². The number of anilines is 1. The van der Waals surface area contributed by atoms with Crippen molar-refractivity contribution in [3.05, 3.63) is 89.9 Å².